The van der Waals surface area contributed by atoms with Gasteiger partial charge < -0.3 is 10.1 Å². The average Bonchev–Trinajstić information content (AvgIpc) is 2.84. The highest BCUT2D eigenvalue weighted by molar-refractivity contribution is 9.10. The fourth-order valence-electron chi connectivity index (χ4n) is 3.27. The second-order valence-electron chi connectivity index (χ2n) is 7.45. The first kappa shape index (κ1) is 25.4. The molecule has 11 heteroatoms. The summed E-state index contributed by atoms with van der Waals surface area (Å²) in [5.41, 5.74) is 1.09. The minimum atomic E-state index is -0.822. The molecule has 0 spiro atoms. The number of carbonyl (C=O) groups is 4. The predicted octanol–water partition coefficient (Wildman–Crippen LogP) is 5.44. The van der Waals surface area contributed by atoms with Gasteiger partial charge in [0.25, 0.3) is 17.7 Å². The minimum Gasteiger partial charge on any atom is -0.483 e. The first-order chi connectivity index (χ1) is 17.2. The molecule has 36 heavy (non-hydrogen) atoms. The molecule has 2 N–H and O–H groups in total. The van der Waals surface area contributed by atoms with Crippen LogP contribution < -0.4 is 20.3 Å². The van der Waals surface area contributed by atoms with Crippen LogP contribution in [0.3, 0.4) is 0 Å². The van der Waals surface area contributed by atoms with Gasteiger partial charge in [0.2, 0.25) is 0 Å². The quantitative estimate of drug-likeness (QED) is 0.295. The van der Waals surface area contributed by atoms with Crippen molar-refractivity contribution in [3.63, 3.8) is 0 Å². The smallest absolute Gasteiger partial charge is 0.335 e. The van der Waals surface area contributed by atoms with E-state index < -0.39 is 23.8 Å². The lowest BCUT2D eigenvalue weighted by Crippen LogP contribution is -2.54. The predicted molar refractivity (Wildman–Crippen MR) is 140 cm³/mol. The maximum atomic E-state index is 12.9. The number of urea groups is 1. The number of imide groups is 2. The van der Waals surface area contributed by atoms with Crippen LogP contribution in [0.15, 0.2) is 76.8 Å². The zero-order valence-electron chi connectivity index (χ0n) is 18.3. The van der Waals surface area contributed by atoms with E-state index in [0.717, 1.165) is 4.90 Å². The van der Waals surface area contributed by atoms with E-state index in [4.69, 9.17) is 27.9 Å². The molecule has 1 aliphatic heterocycles. The highest BCUT2D eigenvalue weighted by Crippen LogP contribution is 2.29. The summed E-state index contributed by atoms with van der Waals surface area (Å²) in [5.74, 6) is -1.60. The van der Waals surface area contributed by atoms with Crippen molar-refractivity contribution in [2.45, 2.75) is 0 Å². The normalized spacial score (nSPS) is 14.6. The third-order valence-electron chi connectivity index (χ3n) is 4.95. The van der Waals surface area contributed by atoms with Crippen molar-refractivity contribution in [1.29, 1.82) is 0 Å². The van der Waals surface area contributed by atoms with E-state index in [-0.39, 0.29) is 12.2 Å². The summed E-state index contributed by atoms with van der Waals surface area (Å²) in [5, 5.41) is 5.51. The number of halogens is 3. The number of anilines is 2. The van der Waals surface area contributed by atoms with E-state index in [1.165, 1.54) is 12.1 Å². The van der Waals surface area contributed by atoms with Crippen molar-refractivity contribution in [3.05, 3.63) is 92.4 Å². The fourth-order valence-corrected chi connectivity index (χ4v) is 4.08. The third-order valence-corrected chi connectivity index (χ3v) is 6.30. The fraction of sp³-hybridized carbons (Fsp3) is 0.0400. The summed E-state index contributed by atoms with van der Waals surface area (Å²) in [4.78, 5) is 50.7. The Morgan fingerprint density at radius 2 is 1.75 bits per heavy atom. The summed E-state index contributed by atoms with van der Waals surface area (Å²) < 4.78 is 6.05. The van der Waals surface area contributed by atoms with E-state index in [2.05, 4.69) is 26.6 Å². The molecule has 5 amide bonds. The van der Waals surface area contributed by atoms with Crippen LogP contribution in [0, 0.1) is 0 Å². The summed E-state index contributed by atoms with van der Waals surface area (Å²) in [7, 11) is 0. The number of carbonyl (C=O) groups excluding carboxylic acids is 4. The first-order valence-corrected chi connectivity index (χ1v) is 11.9. The Balaban J connectivity index is 1.46. The molecule has 0 atom stereocenters. The Hall–Kier alpha value is -3.66. The van der Waals surface area contributed by atoms with E-state index in [1.54, 1.807) is 60.7 Å². The van der Waals surface area contributed by atoms with Crippen molar-refractivity contribution < 1.29 is 23.9 Å². The van der Waals surface area contributed by atoms with Crippen molar-refractivity contribution in [3.8, 4) is 5.75 Å². The number of hydrogen-bond acceptors (Lipinski definition) is 5. The van der Waals surface area contributed by atoms with Crippen molar-refractivity contribution in [2.24, 2.45) is 0 Å². The van der Waals surface area contributed by atoms with Gasteiger partial charge in [0.05, 0.1) is 20.2 Å². The zero-order chi connectivity index (χ0) is 25.8. The molecule has 8 nitrogen and oxygen atoms in total. The second-order valence-corrected chi connectivity index (χ2v) is 9.12. The van der Waals surface area contributed by atoms with Crippen molar-refractivity contribution in [1.82, 2.24) is 5.32 Å². The van der Waals surface area contributed by atoms with Crippen LogP contribution in [0.5, 0.6) is 5.75 Å². The number of benzene rings is 3. The molecule has 0 unspecified atom stereocenters. The number of ether oxygens (including phenoxy) is 1. The lowest BCUT2D eigenvalue weighted by Gasteiger charge is -2.26. The molecule has 0 saturated carbocycles. The maximum Gasteiger partial charge on any atom is 0.335 e. The van der Waals surface area contributed by atoms with Gasteiger partial charge in [-0.05, 0) is 70.0 Å². The lowest BCUT2D eigenvalue weighted by atomic mass is 10.1. The highest BCUT2D eigenvalue weighted by atomic mass is 79.9. The summed E-state index contributed by atoms with van der Waals surface area (Å²) >= 11 is 15.2. The van der Waals surface area contributed by atoms with Crippen LogP contribution in [-0.4, -0.2) is 30.4 Å². The molecule has 3 aromatic rings. The van der Waals surface area contributed by atoms with Crippen LogP contribution in [-0.2, 0) is 14.4 Å². The van der Waals surface area contributed by atoms with E-state index in [1.807, 2.05) is 0 Å². The first-order valence-electron chi connectivity index (χ1n) is 10.4. The molecule has 3 aromatic carbocycles. The summed E-state index contributed by atoms with van der Waals surface area (Å²) in [6, 6.07) is 17.0. The molecule has 0 bridgehead atoms. The summed E-state index contributed by atoms with van der Waals surface area (Å²) in [6.07, 6.45) is 1.37. The van der Waals surface area contributed by atoms with Gasteiger partial charge in [0.1, 0.15) is 11.3 Å². The standard InChI is InChI=1S/C25H16BrCl2N3O5/c26-18-11-14(6-9-21(18)36-13-22(32)29-15-7-8-19(27)20(28)12-15)10-17-23(33)30-25(35)31(24(17)34)16-4-2-1-3-5-16/h1-12H,13H2,(H,29,32)(H,30,33,35)/b17-10-. The Kier molecular flexibility index (Phi) is 7.73. The topological polar surface area (TPSA) is 105 Å². The van der Waals surface area contributed by atoms with Gasteiger partial charge in [0, 0.05) is 5.69 Å². The van der Waals surface area contributed by atoms with Crippen molar-refractivity contribution in [2.75, 3.05) is 16.8 Å². The molecule has 0 radical (unpaired) electrons. The van der Waals surface area contributed by atoms with Gasteiger partial charge in [-0.2, -0.15) is 0 Å². The molecule has 1 saturated heterocycles. The van der Waals surface area contributed by atoms with Crippen molar-refractivity contribution >= 4 is 80.3 Å². The van der Waals surface area contributed by atoms with Crippen LogP contribution in [0.2, 0.25) is 10.0 Å². The molecule has 1 fully saturated rings. The third kappa shape index (κ3) is 5.76. The van der Waals surface area contributed by atoms with Crippen LogP contribution >= 0.6 is 39.1 Å². The van der Waals surface area contributed by atoms with Crippen LogP contribution in [0.25, 0.3) is 6.08 Å². The van der Waals surface area contributed by atoms with Gasteiger partial charge in [-0.25, -0.2) is 9.69 Å². The van der Waals surface area contributed by atoms with Gasteiger partial charge in [0.15, 0.2) is 6.61 Å². The monoisotopic (exact) mass is 587 g/mol. The Labute approximate surface area is 223 Å². The number of para-hydroxylation sites is 1. The van der Waals surface area contributed by atoms with Gasteiger partial charge >= 0.3 is 6.03 Å². The van der Waals surface area contributed by atoms with Gasteiger partial charge in [-0.1, -0.05) is 47.5 Å². The average molecular weight is 589 g/mol. The number of nitrogens with one attached hydrogen (secondary N) is 2. The molecule has 4 rings (SSSR count). The Bertz CT molecular complexity index is 1410. The molecule has 182 valence electrons. The Morgan fingerprint density at radius 1 is 1.00 bits per heavy atom. The largest absolute Gasteiger partial charge is 0.483 e. The van der Waals surface area contributed by atoms with Gasteiger partial charge in [-0.15, -0.1) is 0 Å². The van der Waals surface area contributed by atoms with Gasteiger partial charge in [-0.3, -0.25) is 19.7 Å². The van der Waals surface area contributed by atoms with E-state index in [9.17, 15) is 19.2 Å². The van der Waals surface area contributed by atoms with Crippen LogP contribution in [0.1, 0.15) is 5.56 Å². The number of rotatable bonds is 6. The summed E-state index contributed by atoms with van der Waals surface area (Å²) in [6.45, 7) is -0.283. The maximum absolute atomic E-state index is 12.9. The SMILES string of the molecule is O=C(COc1ccc(/C=C2/C(=O)NC(=O)N(c3ccccc3)C2=O)cc1Br)Nc1ccc(Cl)c(Cl)c1. The van der Waals surface area contributed by atoms with Crippen LogP contribution in [0.4, 0.5) is 16.2 Å². The highest BCUT2D eigenvalue weighted by Gasteiger charge is 2.36. The zero-order valence-corrected chi connectivity index (χ0v) is 21.4. The number of hydrogen-bond donors (Lipinski definition) is 2. The number of barbiturate groups is 1. The number of nitrogens with zero attached hydrogens (tertiary/aromatic N) is 1. The molecule has 0 aliphatic carbocycles. The molecular formula is C25H16BrCl2N3O5. The lowest BCUT2D eigenvalue weighted by molar-refractivity contribution is -0.122. The van der Waals surface area contributed by atoms with E-state index in [0.29, 0.717) is 37.2 Å². The second kappa shape index (κ2) is 10.9. The molecule has 1 heterocycles. The molecular weight excluding hydrogens is 573 g/mol. The molecule has 0 aromatic heterocycles. The molecule has 1 aliphatic rings. The Morgan fingerprint density at radius 3 is 2.44 bits per heavy atom. The number of amides is 5. The van der Waals surface area contributed by atoms with E-state index >= 15 is 0 Å². The minimum absolute atomic E-state index is 0.208.